The minimum absolute atomic E-state index is 0.202. The van der Waals surface area contributed by atoms with Gasteiger partial charge in [0.2, 0.25) is 15.9 Å². The molecule has 1 saturated heterocycles. The van der Waals surface area contributed by atoms with Crippen LogP contribution in [0.3, 0.4) is 0 Å². The van der Waals surface area contributed by atoms with E-state index in [1.165, 1.54) is 7.05 Å². The highest BCUT2D eigenvalue weighted by Gasteiger charge is 2.35. The zero-order valence-corrected chi connectivity index (χ0v) is 18.4. The fourth-order valence-electron chi connectivity index (χ4n) is 3.60. The van der Waals surface area contributed by atoms with Crippen LogP contribution in [0.15, 0.2) is 48.5 Å². The van der Waals surface area contributed by atoms with Crippen molar-refractivity contribution in [1.82, 2.24) is 9.21 Å². The summed E-state index contributed by atoms with van der Waals surface area (Å²) >= 11 is 6.15. The maximum absolute atomic E-state index is 13.3. The highest BCUT2D eigenvalue weighted by atomic mass is 35.5. The third kappa shape index (κ3) is 4.91. The lowest BCUT2D eigenvalue weighted by atomic mass is 10.1. The lowest BCUT2D eigenvalue weighted by molar-refractivity contribution is -0.135. The Bertz CT molecular complexity index is 974. The number of carbonyl (C=O) groups is 1. The van der Waals surface area contributed by atoms with Crippen molar-refractivity contribution >= 4 is 33.2 Å². The second-order valence-electron chi connectivity index (χ2n) is 7.34. The van der Waals surface area contributed by atoms with E-state index in [9.17, 15) is 13.2 Å². The van der Waals surface area contributed by atoms with Gasteiger partial charge in [0.05, 0.1) is 6.26 Å². The van der Waals surface area contributed by atoms with Crippen molar-refractivity contribution in [1.29, 1.82) is 0 Å². The number of carbonyl (C=O) groups excluding carboxylic acids is 1. The van der Waals surface area contributed by atoms with Crippen molar-refractivity contribution in [2.45, 2.75) is 13.0 Å². The van der Waals surface area contributed by atoms with E-state index in [0.717, 1.165) is 21.8 Å². The van der Waals surface area contributed by atoms with Gasteiger partial charge in [-0.25, -0.2) is 8.42 Å². The van der Waals surface area contributed by atoms with Crippen LogP contribution in [0.2, 0.25) is 5.02 Å². The van der Waals surface area contributed by atoms with Crippen LogP contribution in [0.25, 0.3) is 0 Å². The van der Waals surface area contributed by atoms with Crippen molar-refractivity contribution < 1.29 is 13.2 Å². The second-order valence-corrected chi connectivity index (χ2v) is 9.81. The van der Waals surface area contributed by atoms with Gasteiger partial charge in [0.15, 0.2) is 0 Å². The van der Waals surface area contributed by atoms with Crippen molar-refractivity contribution in [3.05, 3.63) is 64.7 Å². The third-order valence-electron chi connectivity index (χ3n) is 5.34. The molecule has 1 amide bonds. The predicted octanol–water partition coefficient (Wildman–Crippen LogP) is 2.93. The van der Waals surface area contributed by atoms with Crippen molar-refractivity contribution in [2.75, 3.05) is 44.4 Å². The molecule has 1 aliphatic heterocycles. The standard InChI is InChI=1S/C21H26ClN3O3S/c1-16-9-10-18(22)15-19(16)24-11-13-25(14-12-24)21(26)20(23(2)29(3,27)28)17-7-5-4-6-8-17/h4-10,15,20H,11-14H2,1-3H3. The molecule has 29 heavy (non-hydrogen) atoms. The van der Waals surface area contributed by atoms with Crippen molar-refractivity contribution in [3.63, 3.8) is 0 Å². The molecule has 8 heteroatoms. The summed E-state index contributed by atoms with van der Waals surface area (Å²) in [5, 5.41) is 0.683. The highest BCUT2D eigenvalue weighted by Crippen LogP contribution is 2.28. The molecule has 0 aromatic heterocycles. The van der Waals surface area contributed by atoms with E-state index in [1.54, 1.807) is 17.0 Å². The molecule has 0 saturated carbocycles. The van der Waals surface area contributed by atoms with Crippen LogP contribution in [0.4, 0.5) is 5.69 Å². The Hall–Kier alpha value is -2.09. The number of aryl methyl sites for hydroxylation is 1. The van der Waals surface area contributed by atoms with Gasteiger partial charge in [-0.15, -0.1) is 0 Å². The van der Waals surface area contributed by atoms with Gasteiger partial charge >= 0.3 is 0 Å². The Balaban J connectivity index is 1.79. The lowest BCUT2D eigenvalue weighted by Gasteiger charge is -2.39. The quantitative estimate of drug-likeness (QED) is 0.724. The smallest absolute Gasteiger partial charge is 0.245 e. The number of hydrogen-bond acceptors (Lipinski definition) is 4. The maximum atomic E-state index is 13.3. The predicted molar refractivity (Wildman–Crippen MR) is 117 cm³/mol. The number of rotatable bonds is 5. The average molecular weight is 436 g/mol. The molecular weight excluding hydrogens is 410 g/mol. The van der Waals surface area contributed by atoms with Crippen molar-refractivity contribution in [3.8, 4) is 0 Å². The molecule has 2 aromatic rings. The molecule has 1 heterocycles. The van der Waals surface area contributed by atoms with Crippen LogP contribution in [0, 0.1) is 6.92 Å². The number of sulfonamides is 1. The zero-order chi connectivity index (χ0) is 21.2. The van der Waals surface area contributed by atoms with Gasteiger partial charge in [0, 0.05) is 43.9 Å². The molecule has 0 radical (unpaired) electrons. The first-order valence-electron chi connectivity index (χ1n) is 9.46. The van der Waals surface area contributed by atoms with Gasteiger partial charge < -0.3 is 9.80 Å². The summed E-state index contributed by atoms with van der Waals surface area (Å²) in [6.45, 7) is 4.40. The summed E-state index contributed by atoms with van der Waals surface area (Å²) in [5.41, 5.74) is 2.86. The van der Waals surface area contributed by atoms with Gasteiger partial charge in [0.25, 0.3) is 0 Å². The minimum atomic E-state index is -3.54. The molecule has 1 fully saturated rings. The number of piperazine rings is 1. The van der Waals surface area contributed by atoms with E-state index in [-0.39, 0.29) is 5.91 Å². The number of halogens is 1. The lowest BCUT2D eigenvalue weighted by Crippen LogP contribution is -2.52. The van der Waals surface area contributed by atoms with E-state index in [4.69, 9.17) is 11.6 Å². The van der Waals surface area contributed by atoms with E-state index in [2.05, 4.69) is 4.90 Å². The SMILES string of the molecule is Cc1ccc(Cl)cc1N1CCN(C(=O)C(c2ccccc2)N(C)S(C)(=O)=O)CC1. The van der Waals surface area contributed by atoms with Crippen LogP contribution < -0.4 is 4.90 Å². The molecule has 1 aliphatic rings. The summed E-state index contributed by atoms with van der Waals surface area (Å²) in [6.07, 6.45) is 1.12. The minimum Gasteiger partial charge on any atom is -0.368 e. The molecule has 156 valence electrons. The first-order valence-corrected chi connectivity index (χ1v) is 11.7. The number of nitrogens with zero attached hydrogens (tertiary/aromatic N) is 3. The first kappa shape index (κ1) is 21.6. The monoisotopic (exact) mass is 435 g/mol. The third-order valence-corrected chi connectivity index (χ3v) is 6.83. The number of hydrogen-bond donors (Lipinski definition) is 0. The van der Waals surface area contributed by atoms with Gasteiger partial charge in [-0.3, -0.25) is 4.79 Å². The number of benzene rings is 2. The Morgan fingerprint density at radius 1 is 1.07 bits per heavy atom. The summed E-state index contributed by atoms with van der Waals surface area (Å²) in [7, 11) is -2.08. The van der Waals surface area contributed by atoms with Gasteiger partial charge in [-0.2, -0.15) is 4.31 Å². The number of likely N-dealkylation sites (N-methyl/N-ethyl adjacent to an activating group) is 1. The molecule has 1 atom stereocenters. The van der Waals surface area contributed by atoms with Gasteiger partial charge in [0.1, 0.15) is 6.04 Å². The van der Waals surface area contributed by atoms with Crippen molar-refractivity contribution in [2.24, 2.45) is 0 Å². The molecule has 3 rings (SSSR count). The molecule has 0 aliphatic carbocycles. The summed E-state index contributed by atoms with van der Waals surface area (Å²) in [5.74, 6) is -0.202. The van der Waals surface area contributed by atoms with Gasteiger partial charge in [-0.1, -0.05) is 48.0 Å². The summed E-state index contributed by atoms with van der Waals surface area (Å²) in [4.78, 5) is 17.3. The zero-order valence-electron chi connectivity index (χ0n) is 16.9. The Morgan fingerprint density at radius 3 is 2.28 bits per heavy atom. The van der Waals surface area contributed by atoms with Crippen LogP contribution in [0.1, 0.15) is 17.2 Å². The second kappa shape index (κ2) is 8.73. The van der Waals surface area contributed by atoms with Crippen LogP contribution in [-0.2, 0) is 14.8 Å². The highest BCUT2D eigenvalue weighted by molar-refractivity contribution is 7.88. The van der Waals surface area contributed by atoms with E-state index in [1.807, 2.05) is 43.3 Å². The van der Waals surface area contributed by atoms with Crippen LogP contribution in [0.5, 0.6) is 0 Å². The maximum Gasteiger partial charge on any atom is 0.245 e. The fraction of sp³-hybridized carbons (Fsp3) is 0.381. The average Bonchev–Trinajstić information content (AvgIpc) is 2.70. The first-order chi connectivity index (χ1) is 13.7. The normalized spacial score (nSPS) is 16.2. The van der Waals surface area contributed by atoms with Gasteiger partial charge in [-0.05, 0) is 30.2 Å². The number of amides is 1. The molecule has 1 unspecified atom stereocenters. The van der Waals surface area contributed by atoms with Crippen LogP contribution >= 0.6 is 11.6 Å². The molecular formula is C21H26ClN3O3S. The molecule has 0 N–H and O–H groups in total. The van der Waals surface area contributed by atoms with E-state index < -0.39 is 16.1 Å². The number of anilines is 1. The Morgan fingerprint density at radius 2 is 1.69 bits per heavy atom. The van der Waals surface area contributed by atoms with E-state index >= 15 is 0 Å². The fourth-order valence-corrected chi connectivity index (χ4v) is 4.36. The summed E-state index contributed by atoms with van der Waals surface area (Å²) < 4.78 is 25.5. The molecule has 0 spiro atoms. The Labute approximate surface area is 177 Å². The topological polar surface area (TPSA) is 60.9 Å². The Kier molecular flexibility index (Phi) is 6.51. The van der Waals surface area contributed by atoms with Crippen LogP contribution in [-0.4, -0.2) is 63.0 Å². The molecule has 2 aromatic carbocycles. The largest absolute Gasteiger partial charge is 0.368 e. The molecule has 0 bridgehead atoms. The summed E-state index contributed by atoms with van der Waals surface area (Å²) in [6, 6.07) is 14.0. The van der Waals surface area contributed by atoms with E-state index in [0.29, 0.717) is 36.8 Å². The molecule has 6 nitrogen and oxygen atoms in total.